The van der Waals surface area contributed by atoms with Gasteiger partial charge in [0.05, 0.1) is 11.4 Å². The topological polar surface area (TPSA) is 44.6 Å². The summed E-state index contributed by atoms with van der Waals surface area (Å²) in [5.41, 5.74) is -0.523. The molecule has 1 aliphatic heterocycles. The fourth-order valence-electron chi connectivity index (χ4n) is 1.81. The summed E-state index contributed by atoms with van der Waals surface area (Å²) in [4.78, 5) is 4.31. The zero-order valence-electron chi connectivity index (χ0n) is 8.21. The summed E-state index contributed by atoms with van der Waals surface area (Å²) in [6, 6.07) is 0. The Balaban J connectivity index is 1.77. The molecule has 74 valence electrons. The standard InChI is InChI=1S/C10H18N2O/c1-10(13,8-4-5-8)7-12-9-3-2-6-11-9/h8,13H,2-7H2,1H3,(H,11,12). The first kappa shape index (κ1) is 9.00. The molecule has 0 bridgehead atoms. The van der Waals surface area contributed by atoms with Crippen LogP contribution in [0.3, 0.4) is 0 Å². The molecule has 1 atom stereocenters. The molecule has 1 aliphatic carbocycles. The monoisotopic (exact) mass is 182 g/mol. The maximum absolute atomic E-state index is 10.00. The van der Waals surface area contributed by atoms with Crippen LogP contribution in [0.1, 0.15) is 32.6 Å². The Labute approximate surface area is 79.3 Å². The van der Waals surface area contributed by atoms with Gasteiger partial charge in [-0.05, 0) is 32.1 Å². The molecule has 0 saturated heterocycles. The van der Waals surface area contributed by atoms with Gasteiger partial charge in [0.1, 0.15) is 0 Å². The lowest BCUT2D eigenvalue weighted by Crippen LogP contribution is -2.41. The predicted molar refractivity (Wildman–Crippen MR) is 52.9 cm³/mol. The van der Waals surface area contributed by atoms with E-state index in [1.807, 2.05) is 6.92 Å². The van der Waals surface area contributed by atoms with E-state index >= 15 is 0 Å². The van der Waals surface area contributed by atoms with Crippen LogP contribution in [0.5, 0.6) is 0 Å². The third kappa shape index (κ3) is 2.21. The Morgan fingerprint density at radius 1 is 1.62 bits per heavy atom. The van der Waals surface area contributed by atoms with Crippen LogP contribution in [0.15, 0.2) is 4.99 Å². The predicted octanol–water partition coefficient (Wildman–Crippen LogP) is 0.929. The number of aliphatic hydroxyl groups is 1. The molecule has 1 saturated carbocycles. The molecule has 13 heavy (non-hydrogen) atoms. The van der Waals surface area contributed by atoms with Crippen molar-refractivity contribution < 1.29 is 5.11 Å². The highest BCUT2D eigenvalue weighted by Gasteiger charge is 2.39. The van der Waals surface area contributed by atoms with Gasteiger partial charge in [0.2, 0.25) is 0 Å². The first-order valence-electron chi connectivity index (χ1n) is 5.18. The second-order valence-corrected chi connectivity index (χ2v) is 4.42. The second-order valence-electron chi connectivity index (χ2n) is 4.42. The molecule has 2 rings (SSSR count). The van der Waals surface area contributed by atoms with Crippen LogP contribution < -0.4 is 5.32 Å². The van der Waals surface area contributed by atoms with Crippen LogP contribution in [-0.2, 0) is 0 Å². The van der Waals surface area contributed by atoms with Crippen LogP contribution >= 0.6 is 0 Å². The van der Waals surface area contributed by atoms with E-state index in [1.165, 1.54) is 12.8 Å². The van der Waals surface area contributed by atoms with Crippen molar-refractivity contribution in [3.63, 3.8) is 0 Å². The summed E-state index contributed by atoms with van der Waals surface area (Å²) in [6.45, 7) is 3.54. The lowest BCUT2D eigenvalue weighted by molar-refractivity contribution is 0.0414. The minimum Gasteiger partial charge on any atom is -0.388 e. The Bertz CT molecular complexity index is 219. The van der Waals surface area contributed by atoms with E-state index < -0.39 is 5.60 Å². The number of rotatable bonds is 3. The molecular formula is C10H18N2O. The molecule has 0 aromatic heterocycles. The highest BCUT2D eigenvalue weighted by molar-refractivity contribution is 5.83. The minimum absolute atomic E-state index is 0.516. The molecule has 1 fully saturated rings. The van der Waals surface area contributed by atoms with E-state index in [0.29, 0.717) is 12.5 Å². The van der Waals surface area contributed by atoms with Crippen molar-refractivity contribution in [2.24, 2.45) is 10.9 Å². The highest BCUT2D eigenvalue weighted by atomic mass is 16.3. The number of aliphatic imine (C=N–C) groups is 1. The van der Waals surface area contributed by atoms with Crippen LogP contribution in [0.25, 0.3) is 0 Å². The van der Waals surface area contributed by atoms with E-state index in [0.717, 1.165) is 25.2 Å². The Kier molecular flexibility index (Phi) is 2.28. The summed E-state index contributed by atoms with van der Waals surface area (Å²) in [5.74, 6) is 1.60. The molecule has 0 amide bonds. The fourth-order valence-corrected chi connectivity index (χ4v) is 1.81. The molecule has 0 spiro atoms. The van der Waals surface area contributed by atoms with Crippen LogP contribution in [-0.4, -0.2) is 29.6 Å². The van der Waals surface area contributed by atoms with Crippen LogP contribution in [0, 0.1) is 5.92 Å². The molecule has 3 heteroatoms. The average molecular weight is 182 g/mol. The number of hydrogen-bond acceptors (Lipinski definition) is 3. The molecule has 2 N–H and O–H groups in total. The third-order valence-electron chi connectivity index (χ3n) is 2.98. The van der Waals surface area contributed by atoms with Gasteiger partial charge in [-0.2, -0.15) is 0 Å². The number of hydrogen-bond donors (Lipinski definition) is 2. The van der Waals surface area contributed by atoms with Crippen molar-refractivity contribution in [3.8, 4) is 0 Å². The lowest BCUT2D eigenvalue weighted by Gasteiger charge is -2.23. The molecule has 2 aliphatic rings. The first-order chi connectivity index (χ1) is 6.18. The largest absolute Gasteiger partial charge is 0.388 e. The SMILES string of the molecule is CC(O)(CNC1=NCCC1)C1CC1. The first-order valence-corrected chi connectivity index (χ1v) is 5.18. The summed E-state index contributed by atoms with van der Waals surface area (Å²) < 4.78 is 0. The van der Waals surface area contributed by atoms with Gasteiger partial charge in [0.15, 0.2) is 0 Å². The minimum atomic E-state index is -0.523. The summed E-state index contributed by atoms with van der Waals surface area (Å²) in [5, 5.41) is 13.2. The average Bonchev–Trinajstić information content (AvgIpc) is 2.82. The number of nitrogens with zero attached hydrogens (tertiary/aromatic N) is 1. The van der Waals surface area contributed by atoms with Gasteiger partial charge in [-0.25, -0.2) is 0 Å². The quantitative estimate of drug-likeness (QED) is 0.682. The normalized spacial score (nSPS) is 26.8. The van der Waals surface area contributed by atoms with Crippen LogP contribution in [0.4, 0.5) is 0 Å². The summed E-state index contributed by atoms with van der Waals surface area (Å²) in [6.07, 6.45) is 4.58. The summed E-state index contributed by atoms with van der Waals surface area (Å²) >= 11 is 0. The molecule has 0 radical (unpaired) electrons. The van der Waals surface area contributed by atoms with Gasteiger partial charge in [0, 0.05) is 19.5 Å². The molecular weight excluding hydrogens is 164 g/mol. The van der Waals surface area contributed by atoms with Gasteiger partial charge in [0.25, 0.3) is 0 Å². The smallest absolute Gasteiger partial charge is 0.0964 e. The van der Waals surface area contributed by atoms with Crippen molar-refractivity contribution in [3.05, 3.63) is 0 Å². The summed E-state index contributed by atoms with van der Waals surface area (Å²) in [7, 11) is 0. The van der Waals surface area contributed by atoms with Crippen molar-refractivity contribution in [1.82, 2.24) is 5.32 Å². The van der Waals surface area contributed by atoms with E-state index in [1.54, 1.807) is 0 Å². The molecule has 3 nitrogen and oxygen atoms in total. The third-order valence-corrected chi connectivity index (χ3v) is 2.98. The van der Waals surface area contributed by atoms with Crippen molar-refractivity contribution in [2.45, 2.75) is 38.2 Å². The molecule has 1 unspecified atom stereocenters. The van der Waals surface area contributed by atoms with E-state index in [9.17, 15) is 5.11 Å². The van der Waals surface area contributed by atoms with Crippen molar-refractivity contribution in [2.75, 3.05) is 13.1 Å². The molecule has 1 heterocycles. The van der Waals surface area contributed by atoms with Gasteiger partial charge >= 0.3 is 0 Å². The Morgan fingerprint density at radius 3 is 2.92 bits per heavy atom. The molecule has 0 aromatic rings. The van der Waals surface area contributed by atoms with E-state index in [2.05, 4.69) is 10.3 Å². The Morgan fingerprint density at radius 2 is 2.38 bits per heavy atom. The molecule has 0 aromatic carbocycles. The van der Waals surface area contributed by atoms with E-state index in [4.69, 9.17) is 0 Å². The van der Waals surface area contributed by atoms with Crippen LogP contribution in [0.2, 0.25) is 0 Å². The number of amidine groups is 1. The zero-order valence-corrected chi connectivity index (χ0v) is 8.21. The van der Waals surface area contributed by atoms with Crippen molar-refractivity contribution >= 4 is 5.84 Å². The van der Waals surface area contributed by atoms with Gasteiger partial charge in [-0.1, -0.05) is 0 Å². The lowest BCUT2D eigenvalue weighted by atomic mass is 10.0. The fraction of sp³-hybridized carbons (Fsp3) is 0.900. The highest BCUT2D eigenvalue weighted by Crippen LogP contribution is 2.39. The van der Waals surface area contributed by atoms with Crippen molar-refractivity contribution in [1.29, 1.82) is 0 Å². The Hall–Kier alpha value is -0.570. The maximum Gasteiger partial charge on any atom is 0.0964 e. The van der Waals surface area contributed by atoms with E-state index in [-0.39, 0.29) is 0 Å². The second kappa shape index (κ2) is 3.29. The maximum atomic E-state index is 10.00. The number of nitrogens with one attached hydrogen (secondary N) is 1. The van der Waals surface area contributed by atoms with Gasteiger partial charge < -0.3 is 10.4 Å². The zero-order chi connectivity index (χ0) is 9.31. The van der Waals surface area contributed by atoms with Gasteiger partial charge in [-0.3, -0.25) is 4.99 Å². The van der Waals surface area contributed by atoms with Gasteiger partial charge in [-0.15, -0.1) is 0 Å².